The molecule has 1 unspecified atom stereocenters. The normalized spacial score (nSPS) is 13.8. The van der Waals surface area contributed by atoms with Crippen molar-refractivity contribution in [1.29, 1.82) is 0 Å². The SMILES string of the molecule is CCC(N[C@@H](CO)Cc1ccccc1)c1ccc(O)cc1. The van der Waals surface area contributed by atoms with Crippen LogP contribution in [-0.4, -0.2) is 22.9 Å². The van der Waals surface area contributed by atoms with E-state index in [0.717, 1.165) is 18.4 Å². The molecule has 0 aliphatic rings. The van der Waals surface area contributed by atoms with Gasteiger partial charge in [0, 0.05) is 12.1 Å². The van der Waals surface area contributed by atoms with Crippen LogP contribution in [0.15, 0.2) is 54.6 Å². The maximum Gasteiger partial charge on any atom is 0.115 e. The third kappa shape index (κ3) is 4.59. The highest BCUT2D eigenvalue weighted by Crippen LogP contribution is 2.20. The van der Waals surface area contributed by atoms with Gasteiger partial charge in [0.1, 0.15) is 5.75 Å². The fourth-order valence-electron chi connectivity index (χ4n) is 2.52. The van der Waals surface area contributed by atoms with Crippen LogP contribution in [-0.2, 0) is 6.42 Å². The van der Waals surface area contributed by atoms with Gasteiger partial charge in [-0.15, -0.1) is 0 Å². The van der Waals surface area contributed by atoms with Gasteiger partial charge in [-0.1, -0.05) is 49.4 Å². The van der Waals surface area contributed by atoms with Crippen LogP contribution >= 0.6 is 0 Å². The number of benzene rings is 2. The zero-order chi connectivity index (χ0) is 15.1. The van der Waals surface area contributed by atoms with E-state index in [0.29, 0.717) is 0 Å². The van der Waals surface area contributed by atoms with E-state index < -0.39 is 0 Å². The average Bonchev–Trinajstić information content (AvgIpc) is 2.53. The predicted molar refractivity (Wildman–Crippen MR) is 85.3 cm³/mol. The number of rotatable bonds is 7. The van der Waals surface area contributed by atoms with E-state index in [1.165, 1.54) is 5.56 Å². The van der Waals surface area contributed by atoms with E-state index in [1.54, 1.807) is 12.1 Å². The van der Waals surface area contributed by atoms with E-state index >= 15 is 0 Å². The summed E-state index contributed by atoms with van der Waals surface area (Å²) < 4.78 is 0. The van der Waals surface area contributed by atoms with E-state index in [9.17, 15) is 10.2 Å². The van der Waals surface area contributed by atoms with Gasteiger partial charge in [0.2, 0.25) is 0 Å². The van der Waals surface area contributed by atoms with Crippen molar-refractivity contribution in [1.82, 2.24) is 5.32 Å². The molecule has 2 rings (SSSR count). The van der Waals surface area contributed by atoms with Gasteiger partial charge in [-0.05, 0) is 36.1 Å². The summed E-state index contributed by atoms with van der Waals surface area (Å²) in [5.74, 6) is 0.275. The summed E-state index contributed by atoms with van der Waals surface area (Å²) in [6.45, 7) is 2.21. The Morgan fingerprint density at radius 2 is 1.67 bits per heavy atom. The lowest BCUT2D eigenvalue weighted by Crippen LogP contribution is -2.37. The fourth-order valence-corrected chi connectivity index (χ4v) is 2.52. The summed E-state index contributed by atoms with van der Waals surface area (Å²) in [6, 6.07) is 17.6. The number of aliphatic hydroxyl groups excluding tert-OH is 1. The lowest BCUT2D eigenvalue weighted by molar-refractivity contribution is 0.229. The lowest BCUT2D eigenvalue weighted by atomic mass is 10.0. The first-order valence-electron chi connectivity index (χ1n) is 7.42. The number of aliphatic hydroxyl groups is 1. The molecule has 2 aromatic rings. The molecular weight excluding hydrogens is 262 g/mol. The van der Waals surface area contributed by atoms with Crippen LogP contribution in [0.5, 0.6) is 5.75 Å². The Kier molecular flexibility index (Phi) is 5.78. The van der Waals surface area contributed by atoms with Crippen molar-refractivity contribution < 1.29 is 10.2 Å². The molecule has 0 spiro atoms. The third-order valence-electron chi connectivity index (χ3n) is 3.69. The van der Waals surface area contributed by atoms with Gasteiger partial charge in [-0.3, -0.25) is 0 Å². The van der Waals surface area contributed by atoms with Crippen molar-refractivity contribution in [2.45, 2.75) is 31.8 Å². The fraction of sp³-hybridized carbons (Fsp3) is 0.333. The van der Waals surface area contributed by atoms with Crippen molar-refractivity contribution >= 4 is 0 Å². The number of aromatic hydroxyl groups is 1. The number of phenolic OH excluding ortho intramolecular Hbond substituents is 1. The standard InChI is InChI=1S/C18H23NO2/c1-2-18(15-8-10-17(21)11-9-15)19-16(13-20)12-14-6-4-3-5-7-14/h3-11,16,18-21H,2,12-13H2,1H3/t16-,18?/m1/s1. The van der Waals surface area contributed by atoms with Crippen LogP contribution in [0.2, 0.25) is 0 Å². The van der Waals surface area contributed by atoms with E-state index in [1.807, 2.05) is 30.3 Å². The molecule has 0 amide bonds. The molecule has 0 radical (unpaired) electrons. The third-order valence-corrected chi connectivity index (χ3v) is 3.69. The Labute approximate surface area is 126 Å². The first-order valence-corrected chi connectivity index (χ1v) is 7.42. The Bertz CT molecular complexity index is 525. The van der Waals surface area contributed by atoms with Gasteiger partial charge >= 0.3 is 0 Å². The minimum absolute atomic E-state index is 0.0196. The minimum Gasteiger partial charge on any atom is -0.508 e. The molecule has 0 bridgehead atoms. The monoisotopic (exact) mass is 285 g/mol. The zero-order valence-corrected chi connectivity index (χ0v) is 12.4. The number of nitrogens with one attached hydrogen (secondary N) is 1. The molecule has 0 aliphatic heterocycles. The van der Waals surface area contributed by atoms with Crippen molar-refractivity contribution in [3.63, 3.8) is 0 Å². The number of hydrogen-bond acceptors (Lipinski definition) is 3. The van der Waals surface area contributed by atoms with Crippen molar-refractivity contribution in [3.8, 4) is 5.75 Å². The number of hydrogen-bond donors (Lipinski definition) is 3. The first-order chi connectivity index (χ1) is 10.2. The van der Waals surface area contributed by atoms with Gasteiger partial charge < -0.3 is 15.5 Å². The second kappa shape index (κ2) is 7.81. The van der Waals surface area contributed by atoms with Gasteiger partial charge in [0.05, 0.1) is 6.61 Å². The molecule has 3 heteroatoms. The molecule has 3 N–H and O–H groups in total. The van der Waals surface area contributed by atoms with Crippen LogP contribution in [0.3, 0.4) is 0 Å². The Morgan fingerprint density at radius 1 is 1.00 bits per heavy atom. The Balaban J connectivity index is 2.03. The summed E-state index contributed by atoms with van der Waals surface area (Å²) in [6.07, 6.45) is 1.72. The maximum atomic E-state index is 9.62. The zero-order valence-electron chi connectivity index (χ0n) is 12.4. The van der Waals surface area contributed by atoms with Crippen LogP contribution in [0.4, 0.5) is 0 Å². The molecule has 0 aromatic heterocycles. The highest BCUT2D eigenvalue weighted by molar-refractivity contribution is 5.28. The number of phenols is 1. The summed E-state index contributed by atoms with van der Waals surface area (Å²) in [5, 5.41) is 22.5. The molecule has 0 aliphatic carbocycles. The predicted octanol–water partition coefficient (Wildman–Crippen LogP) is 3.04. The summed E-state index contributed by atoms with van der Waals surface area (Å²) >= 11 is 0. The van der Waals surface area contributed by atoms with E-state index in [2.05, 4.69) is 24.4 Å². The quantitative estimate of drug-likeness (QED) is 0.733. The van der Waals surface area contributed by atoms with Crippen LogP contribution in [0.1, 0.15) is 30.5 Å². The summed E-state index contributed by atoms with van der Waals surface area (Å²) in [4.78, 5) is 0. The molecule has 3 nitrogen and oxygen atoms in total. The molecule has 0 fully saturated rings. The lowest BCUT2D eigenvalue weighted by Gasteiger charge is -2.24. The van der Waals surface area contributed by atoms with E-state index in [-0.39, 0.29) is 24.4 Å². The first kappa shape index (κ1) is 15.5. The van der Waals surface area contributed by atoms with Gasteiger partial charge in [-0.2, -0.15) is 0 Å². The molecule has 2 atom stereocenters. The topological polar surface area (TPSA) is 52.5 Å². The van der Waals surface area contributed by atoms with Gasteiger partial charge in [0.15, 0.2) is 0 Å². The molecule has 112 valence electrons. The molecule has 0 saturated heterocycles. The smallest absolute Gasteiger partial charge is 0.115 e. The minimum atomic E-state index is 0.0196. The van der Waals surface area contributed by atoms with Crippen molar-refractivity contribution in [3.05, 3.63) is 65.7 Å². The van der Waals surface area contributed by atoms with Gasteiger partial charge in [0.25, 0.3) is 0 Å². The summed E-state index contributed by atoms with van der Waals surface area (Å²) in [7, 11) is 0. The van der Waals surface area contributed by atoms with Crippen molar-refractivity contribution in [2.24, 2.45) is 0 Å². The molecule has 2 aromatic carbocycles. The summed E-state index contributed by atoms with van der Waals surface area (Å²) in [5.41, 5.74) is 2.34. The average molecular weight is 285 g/mol. The van der Waals surface area contributed by atoms with Crippen LogP contribution in [0.25, 0.3) is 0 Å². The second-order valence-corrected chi connectivity index (χ2v) is 5.29. The molecule has 0 saturated carbocycles. The van der Waals surface area contributed by atoms with Crippen LogP contribution in [0, 0.1) is 0 Å². The van der Waals surface area contributed by atoms with E-state index in [4.69, 9.17) is 0 Å². The van der Waals surface area contributed by atoms with Crippen LogP contribution < -0.4 is 5.32 Å². The molecule has 21 heavy (non-hydrogen) atoms. The maximum absolute atomic E-state index is 9.62. The highest BCUT2D eigenvalue weighted by atomic mass is 16.3. The Morgan fingerprint density at radius 3 is 2.24 bits per heavy atom. The largest absolute Gasteiger partial charge is 0.508 e. The van der Waals surface area contributed by atoms with Crippen molar-refractivity contribution in [2.75, 3.05) is 6.61 Å². The highest BCUT2D eigenvalue weighted by Gasteiger charge is 2.15. The second-order valence-electron chi connectivity index (χ2n) is 5.29. The molecule has 0 heterocycles. The van der Waals surface area contributed by atoms with Gasteiger partial charge in [-0.25, -0.2) is 0 Å². The molecular formula is C18H23NO2. The Hall–Kier alpha value is -1.84.